The van der Waals surface area contributed by atoms with Crippen LogP contribution >= 0.6 is 15.9 Å². The number of aromatic nitrogens is 1. The minimum Gasteiger partial charge on any atom is -0.476 e. The summed E-state index contributed by atoms with van der Waals surface area (Å²) in [5, 5.41) is 12.5. The van der Waals surface area contributed by atoms with Crippen LogP contribution in [0.2, 0.25) is 0 Å². The van der Waals surface area contributed by atoms with E-state index in [0.29, 0.717) is 17.3 Å². The zero-order chi connectivity index (χ0) is 15.1. The van der Waals surface area contributed by atoms with E-state index in [1.807, 2.05) is 13.8 Å². The average Bonchev–Trinajstić information content (AvgIpc) is 3.06. The third kappa shape index (κ3) is 2.27. The maximum absolute atomic E-state index is 10.9. The van der Waals surface area contributed by atoms with Crippen LogP contribution in [0, 0.1) is 0 Å². The number of benzene rings is 1. The molecular weight excluding hydrogens is 342 g/mol. The second-order valence-corrected chi connectivity index (χ2v) is 5.71. The first-order chi connectivity index (χ1) is 9.99. The van der Waals surface area contributed by atoms with E-state index >= 15 is 0 Å². The second kappa shape index (κ2) is 5.07. The molecule has 3 rings (SSSR count). The van der Waals surface area contributed by atoms with Gasteiger partial charge >= 0.3 is 5.97 Å². The lowest BCUT2D eigenvalue weighted by Gasteiger charge is -2.15. The summed E-state index contributed by atoms with van der Waals surface area (Å²) in [5.74, 6) is 0.670. The van der Waals surface area contributed by atoms with Gasteiger partial charge in [0.1, 0.15) is 0 Å². The lowest BCUT2D eigenvalue weighted by Crippen LogP contribution is -1.96. The van der Waals surface area contributed by atoms with E-state index in [-0.39, 0.29) is 18.4 Å². The number of rotatable bonds is 3. The van der Waals surface area contributed by atoms with E-state index < -0.39 is 5.97 Å². The van der Waals surface area contributed by atoms with Gasteiger partial charge in [0.05, 0.1) is 4.47 Å². The summed E-state index contributed by atoms with van der Waals surface area (Å²) in [7, 11) is 0. The third-order valence-electron chi connectivity index (χ3n) is 3.21. The molecule has 0 atom stereocenters. The zero-order valence-corrected chi connectivity index (χ0v) is 12.9. The third-order valence-corrected chi connectivity index (χ3v) is 4.00. The average molecular weight is 354 g/mol. The van der Waals surface area contributed by atoms with Crippen molar-refractivity contribution in [3.8, 4) is 22.8 Å². The van der Waals surface area contributed by atoms with Crippen molar-refractivity contribution < 1.29 is 23.9 Å². The SMILES string of the molecule is CC(C)c1c(-c2cc(C(=O)O)no2)cc2c(c1Br)OCO2. The van der Waals surface area contributed by atoms with Crippen LogP contribution in [0.4, 0.5) is 0 Å². The van der Waals surface area contributed by atoms with Crippen molar-refractivity contribution in [1.29, 1.82) is 0 Å². The van der Waals surface area contributed by atoms with Crippen LogP contribution in [-0.4, -0.2) is 23.0 Å². The Morgan fingerprint density at radius 2 is 2.14 bits per heavy atom. The van der Waals surface area contributed by atoms with Gasteiger partial charge in [-0.05, 0) is 33.5 Å². The van der Waals surface area contributed by atoms with Gasteiger partial charge in [-0.2, -0.15) is 0 Å². The predicted molar refractivity (Wildman–Crippen MR) is 76.8 cm³/mol. The molecule has 2 heterocycles. The van der Waals surface area contributed by atoms with E-state index in [9.17, 15) is 4.79 Å². The fourth-order valence-corrected chi connectivity index (χ4v) is 3.27. The molecule has 6 nitrogen and oxygen atoms in total. The molecule has 0 aliphatic carbocycles. The Bertz CT molecular complexity index is 722. The number of carbonyl (C=O) groups is 1. The Balaban J connectivity index is 2.21. The Morgan fingerprint density at radius 3 is 2.76 bits per heavy atom. The second-order valence-electron chi connectivity index (χ2n) is 4.92. The lowest BCUT2D eigenvalue weighted by atomic mass is 9.95. The number of nitrogens with zero attached hydrogens (tertiary/aromatic N) is 1. The van der Waals surface area contributed by atoms with Gasteiger partial charge in [0.25, 0.3) is 0 Å². The maximum atomic E-state index is 10.9. The number of hydrogen-bond acceptors (Lipinski definition) is 5. The van der Waals surface area contributed by atoms with Gasteiger partial charge in [0, 0.05) is 11.6 Å². The standard InChI is InChI=1S/C14H12BrNO5/c1-6(2)11-7(9-4-8(14(17)18)16-21-9)3-10-13(12(11)15)20-5-19-10/h3-4,6H,5H2,1-2H3,(H,17,18). The summed E-state index contributed by atoms with van der Waals surface area (Å²) in [6, 6.07) is 3.19. The van der Waals surface area contributed by atoms with Crippen LogP contribution in [0.15, 0.2) is 21.1 Å². The molecule has 21 heavy (non-hydrogen) atoms. The molecule has 0 unspecified atom stereocenters. The molecule has 0 amide bonds. The predicted octanol–water partition coefficient (Wildman–Crippen LogP) is 3.65. The molecular formula is C14H12BrNO5. The van der Waals surface area contributed by atoms with E-state index in [1.165, 1.54) is 6.07 Å². The fourth-order valence-electron chi connectivity index (χ4n) is 2.29. The summed E-state index contributed by atoms with van der Waals surface area (Å²) >= 11 is 3.53. The molecule has 110 valence electrons. The molecule has 0 fully saturated rings. The molecule has 0 radical (unpaired) electrons. The van der Waals surface area contributed by atoms with Crippen molar-refractivity contribution in [2.24, 2.45) is 0 Å². The molecule has 0 saturated heterocycles. The Labute approximate surface area is 128 Å². The van der Waals surface area contributed by atoms with Crippen molar-refractivity contribution in [2.45, 2.75) is 19.8 Å². The summed E-state index contributed by atoms with van der Waals surface area (Å²) < 4.78 is 16.8. The topological polar surface area (TPSA) is 81.8 Å². The van der Waals surface area contributed by atoms with Gasteiger partial charge in [-0.15, -0.1) is 0 Å². The highest BCUT2D eigenvalue weighted by Crippen LogP contribution is 2.48. The van der Waals surface area contributed by atoms with Crippen LogP contribution in [0.3, 0.4) is 0 Å². The van der Waals surface area contributed by atoms with Crippen LogP contribution in [-0.2, 0) is 0 Å². The van der Waals surface area contributed by atoms with Crippen molar-refractivity contribution in [3.05, 3.63) is 27.9 Å². The van der Waals surface area contributed by atoms with E-state index in [2.05, 4.69) is 21.1 Å². The number of carboxylic acid groups (broad SMARTS) is 1. The van der Waals surface area contributed by atoms with Crippen LogP contribution in [0.25, 0.3) is 11.3 Å². The zero-order valence-electron chi connectivity index (χ0n) is 11.3. The Hall–Kier alpha value is -2.02. The number of halogens is 1. The van der Waals surface area contributed by atoms with Crippen molar-refractivity contribution in [3.63, 3.8) is 0 Å². The summed E-state index contributed by atoms with van der Waals surface area (Å²) in [4.78, 5) is 10.9. The van der Waals surface area contributed by atoms with Crippen molar-refractivity contribution in [1.82, 2.24) is 5.16 Å². The number of aromatic carboxylic acids is 1. The first-order valence-electron chi connectivity index (χ1n) is 6.31. The van der Waals surface area contributed by atoms with Gasteiger partial charge in [-0.1, -0.05) is 19.0 Å². The van der Waals surface area contributed by atoms with Crippen LogP contribution < -0.4 is 9.47 Å². The molecule has 0 bridgehead atoms. The van der Waals surface area contributed by atoms with Crippen molar-refractivity contribution in [2.75, 3.05) is 6.79 Å². The lowest BCUT2D eigenvalue weighted by molar-refractivity contribution is 0.0686. The molecule has 1 aromatic carbocycles. The van der Waals surface area contributed by atoms with Crippen molar-refractivity contribution >= 4 is 21.9 Å². The van der Waals surface area contributed by atoms with E-state index in [4.69, 9.17) is 19.1 Å². The number of fused-ring (bicyclic) bond motifs is 1. The minimum absolute atomic E-state index is 0.131. The smallest absolute Gasteiger partial charge is 0.358 e. The molecule has 2 aromatic rings. The van der Waals surface area contributed by atoms with Crippen LogP contribution in [0.1, 0.15) is 35.8 Å². The van der Waals surface area contributed by atoms with E-state index in [0.717, 1.165) is 15.6 Å². The minimum atomic E-state index is -1.13. The first kappa shape index (κ1) is 13.9. The molecule has 0 spiro atoms. The molecule has 0 saturated carbocycles. The Morgan fingerprint density at radius 1 is 1.38 bits per heavy atom. The summed E-state index contributed by atoms with van der Waals surface area (Å²) in [6.07, 6.45) is 0. The number of ether oxygens (including phenoxy) is 2. The highest BCUT2D eigenvalue weighted by molar-refractivity contribution is 9.10. The molecule has 1 aliphatic heterocycles. The van der Waals surface area contributed by atoms with E-state index in [1.54, 1.807) is 6.07 Å². The molecule has 1 N–H and O–H groups in total. The maximum Gasteiger partial charge on any atom is 0.358 e. The summed E-state index contributed by atoms with van der Waals surface area (Å²) in [6.45, 7) is 4.21. The van der Waals surface area contributed by atoms with Gasteiger partial charge in [-0.3, -0.25) is 0 Å². The highest BCUT2D eigenvalue weighted by atomic mass is 79.9. The fraction of sp³-hybridized carbons (Fsp3) is 0.286. The monoisotopic (exact) mass is 353 g/mol. The van der Waals surface area contributed by atoms with Gasteiger partial charge in [0.15, 0.2) is 23.0 Å². The highest BCUT2D eigenvalue weighted by Gasteiger charge is 2.27. The molecule has 7 heteroatoms. The normalized spacial score (nSPS) is 13.0. The molecule has 1 aromatic heterocycles. The Kier molecular flexibility index (Phi) is 3.36. The quantitative estimate of drug-likeness (QED) is 0.906. The number of carboxylic acids is 1. The van der Waals surface area contributed by atoms with Gasteiger partial charge in [0.2, 0.25) is 6.79 Å². The van der Waals surface area contributed by atoms with Crippen LogP contribution in [0.5, 0.6) is 11.5 Å². The van der Waals surface area contributed by atoms with Gasteiger partial charge in [-0.25, -0.2) is 4.79 Å². The van der Waals surface area contributed by atoms with Gasteiger partial charge < -0.3 is 19.1 Å². The first-order valence-corrected chi connectivity index (χ1v) is 7.10. The number of hydrogen-bond donors (Lipinski definition) is 1. The largest absolute Gasteiger partial charge is 0.476 e. The summed E-state index contributed by atoms with van der Waals surface area (Å²) in [5.41, 5.74) is 1.56. The molecule has 1 aliphatic rings.